The van der Waals surface area contributed by atoms with Gasteiger partial charge >= 0.3 is 6.03 Å². The lowest BCUT2D eigenvalue weighted by Gasteiger charge is -2.19. The van der Waals surface area contributed by atoms with E-state index in [1.807, 2.05) is 60.7 Å². The number of hydrogen-bond donors (Lipinski definition) is 3. The van der Waals surface area contributed by atoms with E-state index in [0.717, 1.165) is 36.1 Å². The molecule has 3 N–H and O–H groups in total. The Hall–Kier alpha value is -4.39. The number of aromatic nitrogens is 2. The van der Waals surface area contributed by atoms with Gasteiger partial charge < -0.3 is 15.7 Å². The molecule has 1 heterocycles. The van der Waals surface area contributed by atoms with Crippen molar-refractivity contribution in [3.63, 3.8) is 0 Å². The lowest BCUT2D eigenvalue weighted by molar-refractivity contribution is 0.102. The minimum Gasteiger partial charge on any atom is -0.507 e. The summed E-state index contributed by atoms with van der Waals surface area (Å²) in [6.07, 6.45) is 2.72. The van der Waals surface area contributed by atoms with Gasteiger partial charge in [-0.05, 0) is 72.2 Å². The number of benzene rings is 3. The van der Waals surface area contributed by atoms with Crippen LogP contribution < -0.4 is 10.6 Å². The van der Waals surface area contributed by atoms with Crippen LogP contribution in [-0.4, -0.2) is 33.4 Å². The van der Waals surface area contributed by atoms with Crippen LogP contribution in [0.3, 0.4) is 0 Å². The van der Waals surface area contributed by atoms with E-state index in [-0.39, 0.29) is 29.0 Å². The Morgan fingerprint density at radius 2 is 1.69 bits per heavy atom. The van der Waals surface area contributed by atoms with Crippen molar-refractivity contribution in [2.24, 2.45) is 0 Å². The molecule has 0 spiro atoms. The normalized spacial score (nSPS) is 13.2. The maximum absolute atomic E-state index is 13.0. The minimum absolute atomic E-state index is 0.00237. The van der Waals surface area contributed by atoms with Crippen LogP contribution in [0.25, 0.3) is 11.3 Å². The molecule has 200 valence electrons. The Kier molecular flexibility index (Phi) is 7.24. The largest absolute Gasteiger partial charge is 0.507 e. The zero-order valence-electron chi connectivity index (χ0n) is 22.6. The highest BCUT2D eigenvalue weighted by molar-refractivity contribution is 6.04. The highest BCUT2D eigenvalue weighted by Gasteiger charge is 2.31. The average molecular weight is 523 g/mol. The summed E-state index contributed by atoms with van der Waals surface area (Å²) in [5, 5.41) is 21.1. The summed E-state index contributed by atoms with van der Waals surface area (Å²) in [4.78, 5) is 26.0. The molecule has 0 saturated heterocycles. The van der Waals surface area contributed by atoms with Gasteiger partial charge in [0.05, 0.1) is 11.4 Å². The number of nitrogens with one attached hydrogen (secondary N) is 2. The number of carbonyl (C=O) groups is 2. The van der Waals surface area contributed by atoms with E-state index in [4.69, 9.17) is 0 Å². The van der Waals surface area contributed by atoms with Gasteiger partial charge in [0.2, 0.25) is 0 Å². The van der Waals surface area contributed by atoms with Crippen molar-refractivity contribution >= 4 is 17.6 Å². The van der Waals surface area contributed by atoms with Crippen molar-refractivity contribution in [2.45, 2.75) is 51.4 Å². The molecule has 3 aromatic carbocycles. The molecule has 4 aromatic rings. The highest BCUT2D eigenvalue weighted by atomic mass is 16.3. The molecule has 0 aliphatic heterocycles. The Morgan fingerprint density at radius 1 is 0.974 bits per heavy atom. The summed E-state index contributed by atoms with van der Waals surface area (Å²) in [6.45, 7) is 6.88. The molecule has 1 aliphatic carbocycles. The van der Waals surface area contributed by atoms with Gasteiger partial charge in [0, 0.05) is 29.3 Å². The van der Waals surface area contributed by atoms with Crippen LogP contribution in [0.2, 0.25) is 0 Å². The molecule has 1 aromatic heterocycles. The minimum atomic E-state index is -0.290. The zero-order valence-corrected chi connectivity index (χ0v) is 22.6. The maximum Gasteiger partial charge on any atom is 0.342 e. The van der Waals surface area contributed by atoms with Crippen LogP contribution in [-0.2, 0) is 11.8 Å². The SMILES string of the molecule is CC(C)(C)c1ccc(C(=O)Nc2ccc(O)c(-c3cc(C4CC4)n(C(=O)NCCc4ccccc4)n3)c2)cc1. The lowest BCUT2D eigenvalue weighted by atomic mass is 9.87. The molecule has 39 heavy (non-hydrogen) atoms. The average Bonchev–Trinajstić information content (AvgIpc) is 3.68. The second-order valence-corrected chi connectivity index (χ2v) is 11.1. The first-order valence-corrected chi connectivity index (χ1v) is 13.4. The molecule has 7 nitrogen and oxygen atoms in total. The summed E-state index contributed by atoms with van der Waals surface area (Å²) in [7, 11) is 0. The summed E-state index contributed by atoms with van der Waals surface area (Å²) in [5.41, 5.74) is 5.14. The van der Waals surface area contributed by atoms with Gasteiger partial charge in [-0.1, -0.05) is 63.2 Å². The number of aromatic hydroxyl groups is 1. The predicted molar refractivity (Wildman–Crippen MR) is 153 cm³/mol. The van der Waals surface area contributed by atoms with Crippen molar-refractivity contribution in [3.8, 4) is 17.0 Å². The zero-order chi connectivity index (χ0) is 27.6. The molecule has 5 rings (SSSR count). The van der Waals surface area contributed by atoms with Crippen LogP contribution >= 0.6 is 0 Å². The van der Waals surface area contributed by atoms with Crippen LogP contribution in [0.15, 0.2) is 78.9 Å². The van der Waals surface area contributed by atoms with E-state index in [0.29, 0.717) is 29.1 Å². The molecular formula is C32H34N4O3. The highest BCUT2D eigenvalue weighted by Crippen LogP contribution is 2.42. The number of carbonyl (C=O) groups excluding carboxylic acids is 2. The van der Waals surface area contributed by atoms with E-state index in [1.54, 1.807) is 12.1 Å². The molecule has 7 heteroatoms. The van der Waals surface area contributed by atoms with Crippen LogP contribution in [0, 0.1) is 0 Å². The first-order chi connectivity index (χ1) is 18.7. The summed E-state index contributed by atoms with van der Waals surface area (Å²) >= 11 is 0. The Morgan fingerprint density at radius 3 is 2.36 bits per heavy atom. The van der Waals surface area contributed by atoms with Crippen LogP contribution in [0.1, 0.15) is 66.7 Å². The van der Waals surface area contributed by atoms with Gasteiger partial charge in [-0.2, -0.15) is 9.78 Å². The number of phenolic OH excluding ortho intramolecular Hbond substituents is 1. The number of hydrogen-bond acceptors (Lipinski definition) is 4. The van der Waals surface area contributed by atoms with Crippen LogP contribution in [0.4, 0.5) is 10.5 Å². The molecule has 1 aliphatic rings. The van der Waals surface area contributed by atoms with Gasteiger partial charge in [-0.3, -0.25) is 4.79 Å². The smallest absolute Gasteiger partial charge is 0.342 e. The van der Waals surface area contributed by atoms with E-state index < -0.39 is 0 Å². The molecule has 1 fully saturated rings. The number of anilines is 1. The molecule has 2 amide bonds. The topological polar surface area (TPSA) is 96.2 Å². The van der Waals surface area contributed by atoms with E-state index >= 15 is 0 Å². The van der Waals surface area contributed by atoms with Gasteiger partial charge in [0.15, 0.2) is 0 Å². The fourth-order valence-corrected chi connectivity index (χ4v) is 4.54. The third kappa shape index (κ3) is 6.20. The number of nitrogens with zero attached hydrogens (tertiary/aromatic N) is 2. The van der Waals surface area contributed by atoms with E-state index in [2.05, 4.69) is 36.5 Å². The molecule has 0 atom stereocenters. The van der Waals surface area contributed by atoms with Gasteiger partial charge in [0.25, 0.3) is 5.91 Å². The van der Waals surface area contributed by atoms with E-state index in [1.165, 1.54) is 10.7 Å². The molecule has 0 bridgehead atoms. The van der Waals surface area contributed by atoms with Gasteiger partial charge in [-0.15, -0.1) is 0 Å². The Balaban J connectivity index is 1.33. The summed E-state index contributed by atoms with van der Waals surface area (Å²) in [5.74, 6) is 0.0559. The van der Waals surface area contributed by atoms with E-state index in [9.17, 15) is 14.7 Å². The predicted octanol–water partition coefficient (Wildman–Crippen LogP) is 6.48. The van der Waals surface area contributed by atoms with Crippen LogP contribution in [0.5, 0.6) is 5.75 Å². The standard InChI is InChI=1S/C32H34N4O3/c1-32(2,3)24-13-11-23(12-14-24)30(38)34-25-15-16-29(37)26(19-25)27-20-28(22-9-10-22)36(35-27)31(39)33-18-17-21-7-5-4-6-8-21/h4-8,11-16,19-20,22,37H,9-10,17-18H2,1-3H3,(H,33,39)(H,34,38). The number of amides is 2. The second kappa shape index (κ2) is 10.8. The fourth-order valence-electron chi connectivity index (χ4n) is 4.54. The first kappa shape index (κ1) is 26.2. The summed E-state index contributed by atoms with van der Waals surface area (Å²) in [6, 6.07) is 24.0. The quantitative estimate of drug-likeness (QED) is 0.242. The van der Waals surface area contributed by atoms with Gasteiger partial charge in [0.1, 0.15) is 5.75 Å². The number of phenols is 1. The number of rotatable bonds is 7. The van der Waals surface area contributed by atoms with Crippen molar-refractivity contribution in [1.29, 1.82) is 0 Å². The molecule has 0 unspecified atom stereocenters. The van der Waals surface area contributed by atoms with Gasteiger partial charge in [-0.25, -0.2) is 4.79 Å². The van der Waals surface area contributed by atoms with Crippen molar-refractivity contribution < 1.29 is 14.7 Å². The Labute approximate surface area is 228 Å². The summed E-state index contributed by atoms with van der Waals surface area (Å²) < 4.78 is 1.42. The fraction of sp³-hybridized carbons (Fsp3) is 0.281. The Bertz CT molecular complexity index is 1480. The third-order valence-corrected chi connectivity index (χ3v) is 7.00. The maximum atomic E-state index is 13.0. The monoisotopic (exact) mass is 522 g/mol. The molecule has 1 saturated carbocycles. The van der Waals surface area contributed by atoms with Crippen molar-refractivity contribution in [2.75, 3.05) is 11.9 Å². The molecule has 0 radical (unpaired) electrons. The molecular weight excluding hydrogens is 488 g/mol. The first-order valence-electron chi connectivity index (χ1n) is 13.4. The lowest BCUT2D eigenvalue weighted by Crippen LogP contribution is -2.32. The second-order valence-electron chi connectivity index (χ2n) is 11.1. The van der Waals surface area contributed by atoms with Crippen molar-refractivity contribution in [1.82, 2.24) is 15.1 Å². The van der Waals surface area contributed by atoms with Crippen molar-refractivity contribution in [3.05, 3.63) is 101 Å². The third-order valence-electron chi connectivity index (χ3n) is 7.00.